The molecular formula is C27H26FN3O4. The topological polar surface area (TPSA) is 105 Å². The number of benzene rings is 3. The minimum atomic E-state index is -1.12. The number of aryl methyl sites for hydroxylation is 2. The smallest absolute Gasteiger partial charge is 0.309 e. The van der Waals surface area contributed by atoms with Crippen LogP contribution in [0.3, 0.4) is 0 Å². The number of alkyl halides is 1. The maximum absolute atomic E-state index is 12.7. The zero-order valence-electron chi connectivity index (χ0n) is 19.0. The summed E-state index contributed by atoms with van der Waals surface area (Å²) in [6.45, 7) is -0.453. The normalized spacial score (nSPS) is 13.0. The highest BCUT2D eigenvalue weighted by molar-refractivity contribution is 5.76. The molecule has 0 aliphatic rings. The van der Waals surface area contributed by atoms with Crippen LogP contribution in [0.1, 0.15) is 24.0 Å². The Bertz CT molecular complexity index is 1350. The van der Waals surface area contributed by atoms with E-state index < -0.39 is 24.7 Å². The van der Waals surface area contributed by atoms with Crippen molar-refractivity contribution in [2.45, 2.75) is 38.6 Å². The SMILES string of the molecule is O=C(O)C(CCn1nnc2ccccc2c1=O)C(O)CCc1ccc(-c2ccc(CF)cc2)cc1. The monoisotopic (exact) mass is 475 g/mol. The first-order chi connectivity index (χ1) is 17.0. The molecule has 0 fully saturated rings. The first-order valence-electron chi connectivity index (χ1n) is 11.4. The Morgan fingerprint density at radius 3 is 2.17 bits per heavy atom. The van der Waals surface area contributed by atoms with E-state index in [9.17, 15) is 24.2 Å². The molecule has 7 nitrogen and oxygen atoms in total. The van der Waals surface area contributed by atoms with Gasteiger partial charge >= 0.3 is 5.97 Å². The van der Waals surface area contributed by atoms with Gasteiger partial charge in [0.25, 0.3) is 5.56 Å². The molecule has 8 heteroatoms. The molecule has 0 saturated heterocycles. The molecule has 4 rings (SSSR count). The van der Waals surface area contributed by atoms with Crippen LogP contribution < -0.4 is 5.56 Å². The molecule has 1 heterocycles. The van der Waals surface area contributed by atoms with Crippen molar-refractivity contribution >= 4 is 16.9 Å². The molecule has 0 aliphatic heterocycles. The molecule has 180 valence electrons. The molecule has 0 bridgehead atoms. The second-order valence-corrected chi connectivity index (χ2v) is 8.50. The number of nitrogens with zero attached hydrogens (tertiary/aromatic N) is 3. The zero-order chi connectivity index (χ0) is 24.8. The standard InChI is InChI=1S/C27H26FN3O4/c28-17-19-7-12-21(13-8-19)20-10-5-18(6-11-20)9-14-25(32)23(27(34)35)15-16-31-26(33)22-3-1-2-4-24(22)29-30-31/h1-8,10-13,23,25,32H,9,14-17H2,(H,34,35). The highest BCUT2D eigenvalue weighted by Crippen LogP contribution is 2.22. The minimum Gasteiger partial charge on any atom is -0.481 e. The van der Waals surface area contributed by atoms with Crippen LogP contribution in [0, 0.1) is 5.92 Å². The quantitative estimate of drug-likeness (QED) is 0.359. The lowest BCUT2D eigenvalue weighted by Gasteiger charge is -2.19. The molecular weight excluding hydrogens is 449 g/mol. The summed E-state index contributed by atoms with van der Waals surface area (Å²) >= 11 is 0. The van der Waals surface area contributed by atoms with Gasteiger partial charge in [0.1, 0.15) is 12.2 Å². The Morgan fingerprint density at radius 1 is 0.914 bits per heavy atom. The average molecular weight is 476 g/mol. The number of hydrogen-bond acceptors (Lipinski definition) is 5. The summed E-state index contributed by atoms with van der Waals surface area (Å²) in [4.78, 5) is 24.4. The largest absolute Gasteiger partial charge is 0.481 e. The van der Waals surface area contributed by atoms with Crippen molar-refractivity contribution in [1.29, 1.82) is 0 Å². The lowest BCUT2D eigenvalue weighted by Crippen LogP contribution is -2.32. The van der Waals surface area contributed by atoms with Crippen molar-refractivity contribution < 1.29 is 19.4 Å². The number of rotatable bonds is 10. The summed E-state index contributed by atoms with van der Waals surface area (Å²) < 4.78 is 13.8. The Hall–Kier alpha value is -3.91. The fourth-order valence-corrected chi connectivity index (χ4v) is 4.08. The van der Waals surface area contributed by atoms with Crippen molar-refractivity contribution in [3.8, 4) is 11.1 Å². The predicted molar refractivity (Wildman–Crippen MR) is 131 cm³/mol. The van der Waals surface area contributed by atoms with E-state index in [-0.39, 0.29) is 24.9 Å². The van der Waals surface area contributed by atoms with Gasteiger partial charge in [0.05, 0.1) is 17.4 Å². The van der Waals surface area contributed by atoms with Gasteiger partial charge in [-0.1, -0.05) is 65.9 Å². The van der Waals surface area contributed by atoms with E-state index >= 15 is 0 Å². The number of aliphatic hydroxyl groups excluding tert-OH is 1. The van der Waals surface area contributed by atoms with E-state index in [0.29, 0.717) is 22.9 Å². The third-order valence-electron chi connectivity index (χ3n) is 6.19. The lowest BCUT2D eigenvalue weighted by atomic mass is 9.93. The number of aromatic nitrogens is 3. The number of carboxylic acid groups (broad SMARTS) is 1. The Morgan fingerprint density at radius 2 is 1.54 bits per heavy atom. The van der Waals surface area contributed by atoms with Gasteiger partial charge in [-0.05, 0) is 53.6 Å². The van der Waals surface area contributed by atoms with Crippen molar-refractivity contribution in [2.75, 3.05) is 0 Å². The number of carboxylic acids is 1. The summed E-state index contributed by atoms with van der Waals surface area (Å²) in [5.41, 5.74) is 3.70. The number of aliphatic hydroxyl groups is 1. The predicted octanol–water partition coefficient (Wildman–Crippen LogP) is 4.01. The second kappa shape index (κ2) is 11.0. The maximum Gasteiger partial charge on any atom is 0.309 e. The van der Waals surface area contributed by atoms with Crippen LogP contribution in [0.15, 0.2) is 77.6 Å². The van der Waals surface area contributed by atoms with E-state index in [4.69, 9.17) is 0 Å². The molecule has 0 spiro atoms. The van der Waals surface area contributed by atoms with Gasteiger partial charge in [-0.15, -0.1) is 5.10 Å². The summed E-state index contributed by atoms with van der Waals surface area (Å²) in [5, 5.41) is 28.6. The summed E-state index contributed by atoms with van der Waals surface area (Å²) in [5.74, 6) is -2.16. The van der Waals surface area contributed by atoms with Crippen molar-refractivity contribution in [2.24, 2.45) is 5.92 Å². The van der Waals surface area contributed by atoms with Gasteiger partial charge in [-0.2, -0.15) is 0 Å². The Labute approximate surface area is 201 Å². The van der Waals surface area contributed by atoms with Crippen molar-refractivity contribution in [3.05, 3.63) is 94.3 Å². The lowest BCUT2D eigenvalue weighted by molar-refractivity contribution is -0.146. The molecule has 0 saturated carbocycles. The van der Waals surface area contributed by atoms with E-state index in [0.717, 1.165) is 21.4 Å². The summed E-state index contributed by atoms with van der Waals surface area (Å²) in [6.07, 6.45) is -0.261. The second-order valence-electron chi connectivity index (χ2n) is 8.50. The molecule has 35 heavy (non-hydrogen) atoms. The van der Waals surface area contributed by atoms with Gasteiger partial charge in [0, 0.05) is 6.54 Å². The molecule has 4 aromatic rings. The van der Waals surface area contributed by atoms with Gasteiger partial charge in [-0.25, -0.2) is 9.07 Å². The fourth-order valence-electron chi connectivity index (χ4n) is 4.08. The number of carbonyl (C=O) groups is 1. The highest BCUT2D eigenvalue weighted by atomic mass is 19.1. The number of halogens is 1. The van der Waals surface area contributed by atoms with Crippen LogP contribution in [0.4, 0.5) is 4.39 Å². The zero-order valence-corrected chi connectivity index (χ0v) is 19.0. The van der Waals surface area contributed by atoms with Crippen molar-refractivity contribution in [3.63, 3.8) is 0 Å². The average Bonchev–Trinajstić information content (AvgIpc) is 2.89. The highest BCUT2D eigenvalue weighted by Gasteiger charge is 2.26. The Kier molecular flexibility index (Phi) is 7.62. The van der Waals surface area contributed by atoms with E-state index in [1.807, 2.05) is 36.4 Å². The van der Waals surface area contributed by atoms with Crippen LogP contribution in [0.2, 0.25) is 0 Å². The van der Waals surface area contributed by atoms with Crippen LogP contribution in [-0.4, -0.2) is 37.3 Å². The van der Waals surface area contributed by atoms with E-state index in [1.54, 1.807) is 36.4 Å². The molecule has 0 aliphatic carbocycles. The number of hydrogen-bond donors (Lipinski definition) is 2. The van der Waals surface area contributed by atoms with Gasteiger partial charge in [-0.3, -0.25) is 9.59 Å². The number of fused-ring (bicyclic) bond motifs is 1. The third-order valence-corrected chi connectivity index (χ3v) is 6.19. The number of aliphatic carboxylic acids is 1. The molecule has 0 radical (unpaired) electrons. The van der Waals surface area contributed by atoms with Crippen LogP contribution in [0.25, 0.3) is 22.0 Å². The van der Waals surface area contributed by atoms with Crippen LogP contribution in [0.5, 0.6) is 0 Å². The van der Waals surface area contributed by atoms with E-state index in [1.165, 1.54) is 0 Å². The maximum atomic E-state index is 12.7. The molecule has 0 amide bonds. The molecule has 3 aromatic carbocycles. The Balaban J connectivity index is 1.36. The van der Waals surface area contributed by atoms with Crippen molar-refractivity contribution in [1.82, 2.24) is 15.0 Å². The molecule has 2 N–H and O–H groups in total. The van der Waals surface area contributed by atoms with Gasteiger partial charge in [0.15, 0.2) is 0 Å². The summed E-state index contributed by atoms with van der Waals surface area (Å²) in [6, 6.07) is 21.8. The first kappa shape index (κ1) is 24.2. The minimum absolute atomic E-state index is 0.0422. The fraction of sp³-hybridized carbons (Fsp3) is 0.259. The van der Waals surface area contributed by atoms with Crippen LogP contribution >= 0.6 is 0 Å². The van der Waals surface area contributed by atoms with E-state index in [2.05, 4.69) is 10.3 Å². The van der Waals surface area contributed by atoms with Crippen LogP contribution in [-0.2, 0) is 24.4 Å². The summed E-state index contributed by atoms with van der Waals surface area (Å²) in [7, 11) is 0. The van der Waals surface area contributed by atoms with Gasteiger partial charge in [0.2, 0.25) is 0 Å². The third kappa shape index (κ3) is 5.78. The molecule has 1 aromatic heterocycles. The molecule has 2 unspecified atom stereocenters. The first-order valence-corrected chi connectivity index (χ1v) is 11.4. The van der Waals surface area contributed by atoms with Gasteiger partial charge < -0.3 is 10.2 Å². The molecule has 2 atom stereocenters.